The van der Waals surface area contributed by atoms with Gasteiger partial charge in [0.15, 0.2) is 5.16 Å². The highest BCUT2D eigenvalue weighted by atomic mass is 32.2. The molecule has 0 atom stereocenters. The van der Waals surface area contributed by atoms with Gasteiger partial charge in [-0.2, -0.15) is 0 Å². The van der Waals surface area contributed by atoms with Crippen molar-refractivity contribution in [3.05, 3.63) is 45.1 Å². The highest BCUT2D eigenvalue weighted by Gasteiger charge is 2.25. The number of methoxy groups -OCH3 is 1. The molecular weight excluding hydrogens is 430 g/mol. The summed E-state index contributed by atoms with van der Waals surface area (Å²) in [5, 5.41) is 1.48. The van der Waals surface area contributed by atoms with E-state index in [-0.39, 0.29) is 11.7 Å². The normalized spacial score (nSPS) is 14.4. The van der Waals surface area contributed by atoms with Crippen LogP contribution in [0.4, 0.5) is 0 Å². The Morgan fingerprint density at radius 3 is 2.90 bits per heavy atom. The van der Waals surface area contributed by atoms with E-state index in [1.165, 1.54) is 10.4 Å². The maximum absolute atomic E-state index is 13.8. The lowest BCUT2D eigenvalue weighted by Crippen LogP contribution is -2.30. The first-order valence-electron chi connectivity index (χ1n) is 10.7. The minimum Gasteiger partial charge on any atom is -0.497 e. The van der Waals surface area contributed by atoms with Crippen LogP contribution in [0.2, 0.25) is 0 Å². The summed E-state index contributed by atoms with van der Waals surface area (Å²) < 4.78 is 12.8. The van der Waals surface area contributed by atoms with Crippen LogP contribution in [0.15, 0.2) is 34.2 Å². The van der Waals surface area contributed by atoms with E-state index < -0.39 is 0 Å². The van der Waals surface area contributed by atoms with Crippen molar-refractivity contribution in [2.75, 3.05) is 32.6 Å². The molecule has 0 unspecified atom stereocenters. The molecule has 0 fully saturated rings. The van der Waals surface area contributed by atoms with E-state index in [0.29, 0.717) is 11.8 Å². The molecule has 0 spiro atoms. The van der Waals surface area contributed by atoms with Crippen LogP contribution in [0.3, 0.4) is 0 Å². The molecule has 1 aliphatic rings. The minimum atomic E-state index is 0.00739. The third-order valence-corrected chi connectivity index (χ3v) is 7.46. The molecule has 0 radical (unpaired) electrons. The molecule has 8 heteroatoms. The predicted molar refractivity (Wildman–Crippen MR) is 128 cm³/mol. The van der Waals surface area contributed by atoms with Gasteiger partial charge in [0.05, 0.1) is 30.9 Å². The van der Waals surface area contributed by atoms with E-state index in [9.17, 15) is 4.79 Å². The fourth-order valence-electron chi connectivity index (χ4n) is 3.84. The summed E-state index contributed by atoms with van der Waals surface area (Å²) in [6.45, 7) is 9.74. The molecule has 31 heavy (non-hydrogen) atoms. The lowest BCUT2D eigenvalue weighted by Gasteiger charge is -2.25. The second-order valence-corrected chi connectivity index (χ2v) is 9.95. The first-order chi connectivity index (χ1) is 15.0. The monoisotopic (exact) mass is 459 g/mol. The van der Waals surface area contributed by atoms with Gasteiger partial charge in [0.1, 0.15) is 10.6 Å². The third-order valence-electron chi connectivity index (χ3n) is 5.45. The van der Waals surface area contributed by atoms with Crippen molar-refractivity contribution in [3.8, 4) is 11.4 Å². The highest BCUT2D eigenvalue weighted by molar-refractivity contribution is 7.99. The Kier molecular flexibility index (Phi) is 7.01. The summed E-state index contributed by atoms with van der Waals surface area (Å²) in [6, 6.07) is 7.61. The number of fused-ring (bicyclic) bond motifs is 3. The van der Waals surface area contributed by atoms with Crippen molar-refractivity contribution in [2.45, 2.75) is 45.0 Å². The Morgan fingerprint density at radius 1 is 1.32 bits per heavy atom. The zero-order valence-corrected chi connectivity index (χ0v) is 20.1. The average Bonchev–Trinajstić information content (AvgIpc) is 3.14. The summed E-state index contributed by atoms with van der Waals surface area (Å²) >= 11 is 3.23. The number of thiophene rings is 1. The van der Waals surface area contributed by atoms with Gasteiger partial charge in [-0.05, 0) is 44.5 Å². The number of aromatic nitrogens is 2. The van der Waals surface area contributed by atoms with Crippen molar-refractivity contribution in [1.82, 2.24) is 14.5 Å². The van der Waals surface area contributed by atoms with Crippen LogP contribution in [-0.2, 0) is 17.7 Å². The molecule has 6 nitrogen and oxygen atoms in total. The van der Waals surface area contributed by atoms with Crippen LogP contribution in [0.25, 0.3) is 15.9 Å². The van der Waals surface area contributed by atoms with E-state index in [0.717, 1.165) is 53.5 Å². The quantitative estimate of drug-likeness (QED) is 0.284. The van der Waals surface area contributed by atoms with Crippen LogP contribution < -0.4 is 10.3 Å². The number of likely N-dealkylation sites (N-methyl/N-ethyl adjacent to an activating group) is 1. The largest absolute Gasteiger partial charge is 0.497 e. The molecule has 0 saturated heterocycles. The lowest BCUT2D eigenvalue weighted by atomic mass is 10.1. The van der Waals surface area contributed by atoms with Crippen LogP contribution in [0.1, 0.15) is 31.2 Å². The fraction of sp³-hybridized carbons (Fsp3) is 0.478. The Bertz CT molecular complexity index is 1120. The van der Waals surface area contributed by atoms with Crippen molar-refractivity contribution in [1.29, 1.82) is 0 Å². The first kappa shape index (κ1) is 22.3. The topological polar surface area (TPSA) is 56.6 Å². The molecule has 166 valence electrons. The van der Waals surface area contributed by atoms with E-state index in [1.54, 1.807) is 34.8 Å². The average molecular weight is 460 g/mol. The van der Waals surface area contributed by atoms with E-state index in [2.05, 4.69) is 11.8 Å². The minimum absolute atomic E-state index is 0.00739. The number of ether oxygens (including phenoxy) is 2. The molecule has 1 aromatic carbocycles. The lowest BCUT2D eigenvalue weighted by molar-refractivity contribution is 0.0920. The van der Waals surface area contributed by atoms with Gasteiger partial charge >= 0.3 is 0 Å². The summed E-state index contributed by atoms with van der Waals surface area (Å²) in [5.74, 6) is 1.45. The van der Waals surface area contributed by atoms with Crippen LogP contribution in [-0.4, -0.2) is 53.1 Å². The van der Waals surface area contributed by atoms with Crippen molar-refractivity contribution < 1.29 is 9.47 Å². The Hall–Kier alpha value is -1.87. The van der Waals surface area contributed by atoms with E-state index in [1.807, 2.05) is 38.1 Å². The van der Waals surface area contributed by atoms with Gasteiger partial charge in [-0.3, -0.25) is 14.3 Å². The molecule has 3 aromatic rings. The summed E-state index contributed by atoms with van der Waals surface area (Å²) in [6.07, 6.45) is 1.08. The Balaban J connectivity index is 1.82. The van der Waals surface area contributed by atoms with Crippen molar-refractivity contribution in [3.63, 3.8) is 0 Å². The molecule has 0 aliphatic carbocycles. The van der Waals surface area contributed by atoms with E-state index >= 15 is 0 Å². The van der Waals surface area contributed by atoms with Gasteiger partial charge in [0.25, 0.3) is 5.56 Å². The number of hydrogen-bond donors (Lipinski definition) is 0. The predicted octanol–water partition coefficient (Wildman–Crippen LogP) is 4.35. The van der Waals surface area contributed by atoms with Gasteiger partial charge in [0.2, 0.25) is 0 Å². The van der Waals surface area contributed by atoms with E-state index in [4.69, 9.17) is 14.5 Å². The summed E-state index contributed by atoms with van der Waals surface area (Å²) in [4.78, 5) is 23.3. The standard InChI is InChI=1S/C23H29N3O3S2/c1-5-25-10-9-18-19(14-25)31-21-20(18)22(27)26(16-7-6-8-17(13-16)28-4)23(24-21)30-12-11-29-15(2)3/h6-8,13,15H,5,9-12,14H2,1-4H3. The zero-order valence-electron chi connectivity index (χ0n) is 18.5. The van der Waals surface area contributed by atoms with Crippen LogP contribution >= 0.6 is 23.1 Å². The van der Waals surface area contributed by atoms with Crippen LogP contribution in [0.5, 0.6) is 5.75 Å². The van der Waals surface area contributed by atoms with Gasteiger partial charge in [-0.1, -0.05) is 24.8 Å². The number of hydrogen-bond acceptors (Lipinski definition) is 7. The smallest absolute Gasteiger partial charge is 0.267 e. The molecule has 3 heterocycles. The molecule has 0 N–H and O–H groups in total. The third kappa shape index (κ3) is 4.67. The number of nitrogens with zero attached hydrogens (tertiary/aromatic N) is 3. The van der Waals surface area contributed by atoms with Crippen molar-refractivity contribution in [2.24, 2.45) is 0 Å². The molecule has 4 rings (SSSR count). The SMILES string of the molecule is CCN1CCc2c(sc3nc(SCCOC(C)C)n(-c4cccc(OC)c4)c(=O)c23)C1. The molecule has 1 aliphatic heterocycles. The second-order valence-electron chi connectivity index (χ2n) is 7.81. The van der Waals surface area contributed by atoms with Gasteiger partial charge in [-0.15, -0.1) is 11.3 Å². The zero-order chi connectivity index (χ0) is 22.0. The molecule has 0 amide bonds. The molecule has 0 saturated carbocycles. The van der Waals surface area contributed by atoms with Gasteiger partial charge < -0.3 is 9.47 Å². The van der Waals surface area contributed by atoms with Gasteiger partial charge in [-0.25, -0.2) is 4.98 Å². The summed E-state index contributed by atoms with van der Waals surface area (Å²) in [7, 11) is 1.64. The highest BCUT2D eigenvalue weighted by Crippen LogP contribution is 2.34. The van der Waals surface area contributed by atoms with Gasteiger partial charge in [0, 0.05) is 29.8 Å². The Labute approximate surface area is 191 Å². The van der Waals surface area contributed by atoms with Crippen molar-refractivity contribution >= 4 is 33.3 Å². The molecule has 2 aromatic heterocycles. The number of benzene rings is 1. The first-order valence-corrected chi connectivity index (χ1v) is 12.5. The summed E-state index contributed by atoms with van der Waals surface area (Å²) in [5.41, 5.74) is 1.96. The number of thioether (sulfide) groups is 1. The molecular formula is C23H29N3O3S2. The fourth-order valence-corrected chi connectivity index (χ4v) is 5.98. The number of rotatable bonds is 8. The second kappa shape index (κ2) is 9.73. The maximum Gasteiger partial charge on any atom is 0.267 e. The maximum atomic E-state index is 13.8. The van der Waals surface area contributed by atoms with Crippen LogP contribution in [0, 0.1) is 0 Å². The Morgan fingerprint density at radius 2 is 2.16 bits per heavy atom. The molecule has 0 bridgehead atoms.